The number of aliphatic hydroxyl groups is 1. The number of fused-ring (bicyclic) bond motifs is 1. The number of aryl methyl sites for hydroxylation is 1. The smallest absolute Gasteiger partial charge is 0.221 e. The zero-order chi connectivity index (χ0) is 16.8. The van der Waals surface area contributed by atoms with Crippen LogP contribution in [0.3, 0.4) is 0 Å². The number of rotatable bonds is 7. The summed E-state index contributed by atoms with van der Waals surface area (Å²) in [5.74, 6) is -0.0203. The third-order valence-corrected chi connectivity index (χ3v) is 4.03. The molecule has 24 heavy (non-hydrogen) atoms. The van der Waals surface area contributed by atoms with Crippen LogP contribution in [0, 0.1) is 0 Å². The van der Waals surface area contributed by atoms with E-state index in [-0.39, 0.29) is 5.91 Å². The van der Waals surface area contributed by atoms with E-state index < -0.39 is 6.10 Å². The van der Waals surface area contributed by atoms with Gasteiger partial charge in [0, 0.05) is 19.5 Å². The minimum Gasteiger partial charge on any atom is -0.388 e. The third kappa shape index (κ3) is 4.00. The SMILES string of the molecule is O=C(CCn1cnc2ccccc21)NCCC(O)c1ccccc1. The van der Waals surface area contributed by atoms with Crippen LogP contribution < -0.4 is 5.32 Å². The zero-order valence-electron chi connectivity index (χ0n) is 13.4. The quantitative estimate of drug-likeness (QED) is 0.702. The molecule has 0 aliphatic rings. The Morgan fingerprint density at radius 2 is 1.88 bits per heavy atom. The molecule has 2 N–H and O–H groups in total. The fourth-order valence-electron chi connectivity index (χ4n) is 2.69. The molecule has 0 saturated carbocycles. The van der Waals surface area contributed by atoms with Crippen LogP contribution in [0.25, 0.3) is 11.0 Å². The minimum absolute atomic E-state index is 0.0203. The van der Waals surface area contributed by atoms with Crippen LogP contribution in [0.4, 0.5) is 0 Å². The van der Waals surface area contributed by atoms with Gasteiger partial charge in [0.2, 0.25) is 5.91 Å². The van der Waals surface area contributed by atoms with Gasteiger partial charge in [-0.1, -0.05) is 42.5 Å². The molecule has 3 aromatic rings. The summed E-state index contributed by atoms with van der Waals surface area (Å²) in [6.07, 6.45) is 2.10. The summed E-state index contributed by atoms with van der Waals surface area (Å²) in [4.78, 5) is 16.3. The van der Waals surface area contributed by atoms with E-state index >= 15 is 0 Å². The zero-order valence-corrected chi connectivity index (χ0v) is 13.4. The summed E-state index contributed by atoms with van der Waals surface area (Å²) in [5.41, 5.74) is 2.84. The summed E-state index contributed by atoms with van der Waals surface area (Å²) in [6.45, 7) is 1.05. The monoisotopic (exact) mass is 323 g/mol. The van der Waals surface area contributed by atoms with E-state index in [4.69, 9.17) is 0 Å². The number of carbonyl (C=O) groups is 1. The molecule has 1 aromatic heterocycles. The standard InChI is InChI=1S/C19H21N3O2/c23-18(15-6-2-1-3-7-15)10-12-20-19(24)11-13-22-14-21-16-8-4-5-9-17(16)22/h1-9,14,18,23H,10-13H2,(H,20,24). The first-order valence-electron chi connectivity index (χ1n) is 8.13. The third-order valence-electron chi connectivity index (χ3n) is 4.03. The lowest BCUT2D eigenvalue weighted by Crippen LogP contribution is -2.26. The van der Waals surface area contributed by atoms with Gasteiger partial charge >= 0.3 is 0 Å². The van der Waals surface area contributed by atoms with E-state index in [9.17, 15) is 9.90 Å². The molecule has 0 aliphatic heterocycles. The molecule has 0 radical (unpaired) electrons. The Hall–Kier alpha value is -2.66. The van der Waals surface area contributed by atoms with Crippen LogP contribution in [0.15, 0.2) is 60.9 Å². The lowest BCUT2D eigenvalue weighted by atomic mass is 10.1. The van der Waals surface area contributed by atoms with Crippen molar-refractivity contribution in [2.24, 2.45) is 0 Å². The average Bonchev–Trinajstić information content (AvgIpc) is 3.04. The van der Waals surface area contributed by atoms with Crippen molar-refractivity contribution in [3.8, 4) is 0 Å². The molecule has 5 nitrogen and oxygen atoms in total. The van der Waals surface area contributed by atoms with Crippen molar-refractivity contribution in [2.45, 2.75) is 25.5 Å². The summed E-state index contributed by atoms with van der Waals surface area (Å²) >= 11 is 0. The number of nitrogens with zero attached hydrogens (tertiary/aromatic N) is 2. The summed E-state index contributed by atoms with van der Waals surface area (Å²) in [6, 6.07) is 17.3. The maximum absolute atomic E-state index is 12.0. The van der Waals surface area contributed by atoms with Crippen LogP contribution in [-0.2, 0) is 11.3 Å². The predicted octanol–water partition coefficient (Wildman–Crippen LogP) is 2.67. The number of carbonyl (C=O) groups excluding carboxylic acids is 1. The molecule has 0 saturated heterocycles. The first-order chi connectivity index (χ1) is 11.7. The number of nitrogens with one attached hydrogen (secondary N) is 1. The van der Waals surface area contributed by atoms with E-state index in [2.05, 4.69) is 10.3 Å². The van der Waals surface area contributed by atoms with Crippen LogP contribution in [0.5, 0.6) is 0 Å². The summed E-state index contributed by atoms with van der Waals surface area (Å²) in [7, 11) is 0. The van der Waals surface area contributed by atoms with E-state index in [1.54, 1.807) is 6.33 Å². The second-order valence-electron chi connectivity index (χ2n) is 5.74. The fraction of sp³-hybridized carbons (Fsp3) is 0.263. The second kappa shape index (κ2) is 7.75. The van der Waals surface area contributed by atoms with Crippen molar-refractivity contribution in [3.05, 3.63) is 66.5 Å². The summed E-state index contributed by atoms with van der Waals surface area (Å²) < 4.78 is 1.98. The maximum atomic E-state index is 12.0. The van der Waals surface area contributed by atoms with E-state index in [0.29, 0.717) is 25.9 Å². The molecular formula is C19H21N3O2. The number of hydrogen-bond acceptors (Lipinski definition) is 3. The second-order valence-corrected chi connectivity index (χ2v) is 5.74. The van der Waals surface area contributed by atoms with Gasteiger partial charge in [-0.2, -0.15) is 0 Å². The van der Waals surface area contributed by atoms with E-state index in [1.165, 1.54) is 0 Å². The lowest BCUT2D eigenvalue weighted by Gasteiger charge is -2.11. The van der Waals surface area contributed by atoms with Gasteiger partial charge in [0.1, 0.15) is 0 Å². The first-order valence-corrected chi connectivity index (χ1v) is 8.13. The van der Waals surface area contributed by atoms with Gasteiger partial charge in [-0.15, -0.1) is 0 Å². The highest BCUT2D eigenvalue weighted by molar-refractivity contribution is 5.77. The van der Waals surface area contributed by atoms with Gasteiger partial charge in [-0.3, -0.25) is 4.79 Å². The average molecular weight is 323 g/mol. The van der Waals surface area contributed by atoms with Gasteiger partial charge in [0.25, 0.3) is 0 Å². The van der Waals surface area contributed by atoms with E-state index in [0.717, 1.165) is 16.6 Å². The number of aromatic nitrogens is 2. The molecule has 1 unspecified atom stereocenters. The molecule has 1 atom stereocenters. The van der Waals surface area contributed by atoms with Crippen molar-refractivity contribution in [1.82, 2.24) is 14.9 Å². The molecule has 1 amide bonds. The number of aliphatic hydroxyl groups excluding tert-OH is 1. The number of hydrogen-bond donors (Lipinski definition) is 2. The van der Waals surface area contributed by atoms with Gasteiger partial charge in [0.05, 0.1) is 23.5 Å². The fourth-order valence-corrected chi connectivity index (χ4v) is 2.69. The van der Waals surface area contributed by atoms with Gasteiger partial charge in [0.15, 0.2) is 0 Å². The largest absolute Gasteiger partial charge is 0.388 e. The molecule has 5 heteroatoms. The summed E-state index contributed by atoms with van der Waals surface area (Å²) in [5, 5.41) is 12.9. The van der Waals surface area contributed by atoms with Crippen molar-refractivity contribution in [1.29, 1.82) is 0 Å². The van der Waals surface area contributed by atoms with Crippen LogP contribution in [0.2, 0.25) is 0 Å². The molecular weight excluding hydrogens is 302 g/mol. The Morgan fingerprint density at radius 3 is 2.71 bits per heavy atom. The highest BCUT2D eigenvalue weighted by Gasteiger charge is 2.08. The normalized spacial score (nSPS) is 12.2. The Balaban J connectivity index is 1.43. The van der Waals surface area contributed by atoms with Crippen molar-refractivity contribution < 1.29 is 9.90 Å². The topological polar surface area (TPSA) is 67.2 Å². The molecule has 0 bridgehead atoms. The Labute approximate surface area is 141 Å². The highest BCUT2D eigenvalue weighted by atomic mass is 16.3. The van der Waals surface area contributed by atoms with Crippen molar-refractivity contribution >= 4 is 16.9 Å². The van der Waals surface area contributed by atoms with E-state index in [1.807, 2.05) is 59.2 Å². The number of benzene rings is 2. The predicted molar refractivity (Wildman–Crippen MR) is 93.4 cm³/mol. The molecule has 2 aromatic carbocycles. The van der Waals surface area contributed by atoms with Crippen LogP contribution in [-0.4, -0.2) is 27.1 Å². The number of para-hydroxylation sites is 2. The highest BCUT2D eigenvalue weighted by Crippen LogP contribution is 2.15. The lowest BCUT2D eigenvalue weighted by molar-refractivity contribution is -0.121. The van der Waals surface area contributed by atoms with Crippen molar-refractivity contribution in [2.75, 3.05) is 6.54 Å². The van der Waals surface area contributed by atoms with Crippen molar-refractivity contribution in [3.63, 3.8) is 0 Å². The molecule has 0 spiro atoms. The number of amides is 1. The molecule has 0 fully saturated rings. The molecule has 1 heterocycles. The Kier molecular flexibility index (Phi) is 5.23. The molecule has 124 valence electrons. The maximum Gasteiger partial charge on any atom is 0.221 e. The van der Waals surface area contributed by atoms with Crippen LogP contribution >= 0.6 is 0 Å². The van der Waals surface area contributed by atoms with Gasteiger partial charge in [-0.25, -0.2) is 4.98 Å². The van der Waals surface area contributed by atoms with Gasteiger partial charge in [-0.05, 0) is 24.1 Å². The Bertz CT molecular complexity index is 798. The molecule has 3 rings (SSSR count). The Morgan fingerprint density at radius 1 is 1.12 bits per heavy atom. The molecule has 0 aliphatic carbocycles. The minimum atomic E-state index is -0.552. The number of imidazole rings is 1. The van der Waals surface area contributed by atoms with Crippen LogP contribution in [0.1, 0.15) is 24.5 Å². The first kappa shape index (κ1) is 16.2. The van der Waals surface area contributed by atoms with Gasteiger partial charge < -0.3 is 15.0 Å².